The van der Waals surface area contributed by atoms with Gasteiger partial charge in [0.25, 0.3) is 5.91 Å². The molecule has 1 fully saturated rings. The molecular formula is C19H22FN7O. The number of carbonyl (C=O) groups is 1. The zero-order valence-electron chi connectivity index (χ0n) is 15.2. The standard InChI is InChI=1S/C19H22FN7O/c20-12-9-11(17(22)28)18(25-16-10-23-15-7-3-4-8-27(15)16)26-19(12)24-14-6-2-1-5-13(14)21/h3-4,7-10,13-14H,1-2,5-6,21H2,(H2,22,28)(H2,24,25,26)/t13-,14?/m0/s1. The van der Waals surface area contributed by atoms with E-state index in [0.29, 0.717) is 5.82 Å². The molecule has 0 aliphatic heterocycles. The molecule has 0 aromatic carbocycles. The highest BCUT2D eigenvalue weighted by molar-refractivity contribution is 5.98. The highest BCUT2D eigenvalue weighted by atomic mass is 19.1. The topological polar surface area (TPSA) is 123 Å². The Labute approximate surface area is 161 Å². The monoisotopic (exact) mass is 383 g/mol. The van der Waals surface area contributed by atoms with E-state index in [1.165, 1.54) is 0 Å². The van der Waals surface area contributed by atoms with E-state index in [-0.39, 0.29) is 29.3 Å². The van der Waals surface area contributed by atoms with Gasteiger partial charge in [-0.15, -0.1) is 0 Å². The molecule has 2 atom stereocenters. The summed E-state index contributed by atoms with van der Waals surface area (Å²) in [6, 6.07) is 6.52. The Balaban J connectivity index is 1.69. The van der Waals surface area contributed by atoms with Crippen molar-refractivity contribution in [1.82, 2.24) is 14.4 Å². The molecule has 1 aliphatic rings. The van der Waals surface area contributed by atoms with E-state index in [2.05, 4.69) is 20.6 Å². The summed E-state index contributed by atoms with van der Waals surface area (Å²) < 4.78 is 16.4. The van der Waals surface area contributed by atoms with Crippen molar-refractivity contribution in [2.75, 3.05) is 10.6 Å². The highest BCUT2D eigenvalue weighted by Gasteiger charge is 2.24. The van der Waals surface area contributed by atoms with Gasteiger partial charge in [0.1, 0.15) is 17.3 Å². The molecule has 146 valence electrons. The van der Waals surface area contributed by atoms with Crippen LogP contribution in [0.15, 0.2) is 36.7 Å². The molecule has 0 bridgehead atoms. The van der Waals surface area contributed by atoms with Crippen LogP contribution in [0.5, 0.6) is 0 Å². The number of anilines is 3. The minimum absolute atomic E-state index is 0.0399. The minimum atomic E-state index is -0.774. The number of halogens is 1. The van der Waals surface area contributed by atoms with Crippen LogP contribution >= 0.6 is 0 Å². The zero-order chi connectivity index (χ0) is 19.7. The Kier molecular flexibility index (Phi) is 4.82. The predicted octanol–water partition coefficient (Wildman–Crippen LogP) is 2.39. The van der Waals surface area contributed by atoms with Crippen LogP contribution in [0.1, 0.15) is 36.0 Å². The number of carbonyl (C=O) groups excluding carboxylic acids is 1. The fourth-order valence-electron chi connectivity index (χ4n) is 3.53. The molecule has 3 heterocycles. The maximum absolute atomic E-state index is 14.6. The fraction of sp³-hybridized carbons (Fsp3) is 0.316. The number of nitrogens with one attached hydrogen (secondary N) is 2. The van der Waals surface area contributed by atoms with E-state index in [9.17, 15) is 9.18 Å². The van der Waals surface area contributed by atoms with Gasteiger partial charge in [0, 0.05) is 18.3 Å². The van der Waals surface area contributed by atoms with Gasteiger partial charge in [0.2, 0.25) is 0 Å². The quantitative estimate of drug-likeness (QED) is 0.536. The number of nitrogens with zero attached hydrogens (tertiary/aromatic N) is 3. The summed E-state index contributed by atoms with van der Waals surface area (Å²) in [7, 11) is 0. The first-order chi connectivity index (χ1) is 13.5. The molecule has 0 spiro atoms. The van der Waals surface area contributed by atoms with Gasteiger partial charge in [-0.3, -0.25) is 9.20 Å². The number of hydrogen-bond donors (Lipinski definition) is 4. The zero-order valence-corrected chi connectivity index (χ0v) is 15.2. The van der Waals surface area contributed by atoms with Crippen molar-refractivity contribution in [2.24, 2.45) is 11.5 Å². The van der Waals surface area contributed by atoms with Crippen molar-refractivity contribution in [2.45, 2.75) is 37.8 Å². The summed E-state index contributed by atoms with van der Waals surface area (Å²) in [5.74, 6) is -0.633. The molecule has 28 heavy (non-hydrogen) atoms. The Bertz CT molecular complexity index is 1020. The Morgan fingerprint density at radius 1 is 1.25 bits per heavy atom. The van der Waals surface area contributed by atoms with Gasteiger partial charge in [-0.2, -0.15) is 0 Å². The SMILES string of the molecule is NC(=O)c1cc(F)c(NC2CCCC[C@@H]2N)nc1Nc1cnc2ccccn12. The average Bonchev–Trinajstić information content (AvgIpc) is 3.09. The van der Waals surface area contributed by atoms with Crippen molar-refractivity contribution in [3.8, 4) is 0 Å². The van der Waals surface area contributed by atoms with Crippen molar-refractivity contribution < 1.29 is 9.18 Å². The molecule has 8 nitrogen and oxygen atoms in total. The molecule has 6 N–H and O–H groups in total. The van der Waals surface area contributed by atoms with Crippen molar-refractivity contribution in [1.29, 1.82) is 0 Å². The lowest BCUT2D eigenvalue weighted by molar-refractivity contribution is 0.100. The van der Waals surface area contributed by atoms with Crippen LogP contribution in [-0.2, 0) is 0 Å². The molecule has 4 rings (SSSR count). The molecule has 1 amide bonds. The number of rotatable bonds is 5. The number of pyridine rings is 2. The third-order valence-electron chi connectivity index (χ3n) is 5.05. The van der Waals surface area contributed by atoms with Gasteiger partial charge in [-0.05, 0) is 31.0 Å². The van der Waals surface area contributed by atoms with Crippen LogP contribution in [0.3, 0.4) is 0 Å². The summed E-state index contributed by atoms with van der Waals surface area (Å²) in [5, 5.41) is 6.14. The summed E-state index contributed by atoms with van der Waals surface area (Å²) >= 11 is 0. The highest BCUT2D eigenvalue weighted by Crippen LogP contribution is 2.27. The van der Waals surface area contributed by atoms with E-state index >= 15 is 0 Å². The van der Waals surface area contributed by atoms with Gasteiger partial charge < -0.3 is 22.1 Å². The second kappa shape index (κ2) is 7.43. The van der Waals surface area contributed by atoms with Crippen molar-refractivity contribution >= 4 is 29.0 Å². The number of amides is 1. The second-order valence-electron chi connectivity index (χ2n) is 6.98. The largest absolute Gasteiger partial charge is 0.365 e. The summed E-state index contributed by atoms with van der Waals surface area (Å²) in [5.41, 5.74) is 12.3. The molecule has 3 aromatic rings. The minimum Gasteiger partial charge on any atom is -0.365 e. The fourth-order valence-corrected chi connectivity index (χ4v) is 3.53. The van der Waals surface area contributed by atoms with Crippen LogP contribution in [0.2, 0.25) is 0 Å². The van der Waals surface area contributed by atoms with Crippen molar-refractivity contribution in [3.63, 3.8) is 0 Å². The van der Waals surface area contributed by atoms with E-state index in [0.717, 1.165) is 37.4 Å². The summed E-state index contributed by atoms with van der Waals surface area (Å²) in [6.45, 7) is 0. The summed E-state index contributed by atoms with van der Waals surface area (Å²) in [4.78, 5) is 20.4. The van der Waals surface area contributed by atoms with E-state index < -0.39 is 11.7 Å². The molecule has 0 saturated heterocycles. The number of hydrogen-bond acceptors (Lipinski definition) is 6. The Morgan fingerprint density at radius 2 is 2.07 bits per heavy atom. The first-order valence-electron chi connectivity index (χ1n) is 9.24. The number of nitrogens with two attached hydrogens (primary N) is 2. The first kappa shape index (κ1) is 18.2. The van der Waals surface area contributed by atoms with Crippen LogP contribution in [0, 0.1) is 5.82 Å². The lowest BCUT2D eigenvalue weighted by atomic mass is 9.91. The van der Waals surface area contributed by atoms with Crippen molar-refractivity contribution in [3.05, 3.63) is 48.0 Å². The first-order valence-corrected chi connectivity index (χ1v) is 9.24. The molecule has 1 saturated carbocycles. The van der Waals surface area contributed by atoms with Crippen LogP contribution in [0.25, 0.3) is 5.65 Å². The third-order valence-corrected chi connectivity index (χ3v) is 5.05. The Hall–Kier alpha value is -3.20. The third kappa shape index (κ3) is 3.48. The molecule has 1 aliphatic carbocycles. The van der Waals surface area contributed by atoms with E-state index in [1.54, 1.807) is 10.6 Å². The molecule has 9 heteroatoms. The molecule has 3 aromatic heterocycles. The maximum Gasteiger partial charge on any atom is 0.252 e. The summed E-state index contributed by atoms with van der Waals surface area (Å²) in [6.07, 6.45) is 7.24. The van der Waals surface area contributed by atoms with E-state index in [1.807, 2.05) is 24.4 Å². The van der Waals surface area contributed by atoms with Crippen LogP contribution in [-0.4, -0.2) is 32.4 Å². The lowest BCUT2D eigenvalue weighted by Crippen LogP contribution is -2.43. The average molecular weight is 383 g/mol. The number of fused-ring (bicyclic) bond motifs is 1. The van der Waals surface area contributed by atoms with Gasteiger partial charge in [-0.25, -0.2) is 14.4 Å². The maximum atomic E-state index is 14.6. The number of primary amides is 1. The van der Waals surface area contributed by atoms with Gasteiger partial charge in [0.15, 0.2) is 11.6 Å². The number of imidazole rings is 1. The Morgan fingerprint density at radius 3 is 2.86 bits per heavy atom. The smallest absolute Gasteiger partial charge is 0.252 e. The van der Waals surface area contributed by atoms with E-state index in [4.69, 9.17) is 11.5 Å². The van der Waals surface area contributed by atoms with Gasteiger partial charge >= 0.3 is 0 Å². The normalized spacial score (nSPS) is 19.5. The predicted molar refractivity (Wildman–Crippen MR) is 105 cm³/mol. The molecule has 1 unspecified atom stereocenters. The van der Waals surface area contributed by atoms with Crippen LogP contribution < -0.4 is 22.1 Å². The lowest BCUT2D eigenvalue weighted by Gasteiger charge is -2.30. The van der Waals surface area contributed by atoms with Gasteiger partial charge in [0.05, 0.1) is 11.8 Å². The van der Waals surface area contributed by atoms with Gasteiger partial charge in [-0.1, -0.05) is 18.9 Å². The molecule has 0 radical (unpaired) electrons. The number of aromatic nitrogens is 3. The van der Waals surface area contributed by atoms with Crippen LogP contribution in [0.4, 0.5) is 21.8 Å². The molecular weight excluding hydrogens is 361 g/mol. The second-order valence-corrected chi connectivity index (χ2v) is 6.98.